The van der Waals surface area contributed by atoms with Crippen molar-refractivity contribution in [3.8, 4) is 0 Å². The maximum atomic E-state index is 13.2. The molecule has 5 nitrogen and oxygen atoms in total. The van der Waals surface area contributed by atoms with Crippen LogP contribution in [0.15, 0.2) is 35.7 Å². The fourth-order valence-electron chi connectivity index (χ4n) is 3.70. The second kappa shape index (κ2) is 9.82. The Bertz CT molecular complexity index is 790. The van der Waals surface area contributed by atoms with Gasteiger partial charge in [0.2, 0.25) is 11.8 Å². The Morgan fingerprint density at radius 3 is 2.71 bits per heavy atom. The van der Waals surface area contributed by atoms with Crippen molar-refractivity contribution in [2.75, 3.05) is 18.0 Å². The topological polar surface area (TPSA) is 53.5 Å². The zero-order chi connectivity index (χ0) is 19.9. The summed E-state index contributed by atoms with van der Waals surface area (Å²) in [6, 6.07) is 10.3. The molecule has 0 spiro atoms. The third-order valence-corrected chi connectivity index (χ3v) is 6.11. The quantitative estimate of drug-likeness (QED) is 0.620. The maximum Gasteiger partial charge on any atom is 0.229 e. The van der Waals surface area contributed by atoms with Crippen molar-refractivity contribution >= 4 is 28.3 Å². The number of hydrogen-bond acceptors (Lipinski definition) is 4. The molecule has 1 unspecified atom stereocenters. The molecule has 2 amide bonds. The summed E-state index contributed by atoms with van der Waals surface area (Å²) in [6.07, 6.45) is 4.67. The number of anilines is 1. The SMILES string of the molecule is CCCCN(C(=O)Cc1csc(N2CCCC2=O)n1)C(CC)c1ccccc1. The number of amides is 2. The summed E-state index contributed by atoms with van der Waals surface area (Å²) in [7, 11) is 0. The van der Waals surface area contributed by atoms with Gasteiger partial charge in [-0.1, -0.05) is 50.6 Å². The first kappa shape index (κ1) is 20.5. The molecule has 1 atom stereocenters. The molecular formula is C22H29N3O2S. The van der Waals surface area contributed by atoms with Gasteiger partial charge in [0, 0.05) is 24.9 Å². The molecule has 1 aromatic carbocycles. The van der Waals surface area contributed by atoms with E-state index in [1.54, 1.807) is 4.90 Å². The molecule has 3 rings (SSSR count). The van der Waals surface area contributed by atoms with Gasteiger partial charge in [-0.2, -0.15) is 0 Å². The molecule has 1 saturated heterocycles. The van der Waals surface area contributed by atoms with Gasteiger partial charge in [0.1, 0.15) is 0 Å². The molecule has 1 fully saturated rings. The second-order valence-electron chi connectivity index (χ2n) is 7.22. The summed E-state index contributed by atoms with van der Waals surface area (Å²) in [4.78, 5) is 33.5. The summed E-state index contributed by atoms with van der Waals surface area (Å²) < 4.78 is 0. The number of aromatic nitrogens is 1. The van der Waals surface area contributed by atoms with Crippen LogP contribution < -0.4 is 4.90 Å². The van der Waals surface area contributed by atoms with Crippen molar-refractivity contribution in [2.45, 2.75) is 58.4 Å². The molecule has 0 radical (unpaired) electrons. The summed E-state index contributed by atoms with van der Waals surface area (Å²) in [6.45, 7) is 5.76. The second-order valence-corrected chi connectivity index (χ2v) is 8.06. The van der Waals surface area contributed by atoms with Crippen molar-refractivity contribution in [1.29, 1.82) is 0 Å². The number of carbonyl (C=O) groups excluding carboxylic acids is 2. The van der Waals surface area contributed by atoms with Crippen LogP contribution in [-0.4, -0.2) is 34.8 Å². The molecule has 0 bridgehead atoms. The van der Waals surface area contributed by atoms with E-state index < -0.39 is 0 Å². The molecular weight excluding hydrogens is 370 g/mol. The van der Waals surface area contributed by atoms with Crippen LogP contribution in [-0.2, 0) is 16.0 Å². The van der Waals surface area contributed by atoms with E-state index in [-0.39, 0.29) is 24.3 Å². The number of thiazole rings is 1. The van der Waals surface area contributed by atoms with E-state index in [9.17, 15) is 9.59 Å². The van der Waals surface area contributed by atoms with Gasteiger partial charge in [0.25, 0.3) is 0 Å². The fourth-order valence-corrected chi connectivity index (χ4v) is 4.57. The Labute approximate surface area is 171 Å². The predicted molar refractivity (Wildman–Crippen MR) is 114 cm³/mol. The van der Waals surface area contributed by atoms with E-state index in [2.05, 4.69) is 31.0 Å². The summed E-state index contributed by atoms with van der Waals surface area (Å²) in [5.74, 6) is 0.237. The highest BCUT2D eigenvalue weighted by molar-refractivity contribution is 7.14. The number of carbonyl (C=O) groups is 2. The molecule has 0 aliphatic carbocycles. The van der Waals surface area contributed by atoms with Crippen LogP contribution in [0.25, 0.3) is 0 Å². The molecule has 1 aliphatic heterocycles. The average Bonchev–Trinajstić information content (AvgIpc) is 3.34. The van der Waals surface area contributed by atoms with Crippen LogP contribution >= 0.6 is 11.3 Å². The third-order valence-electron chi connectivity index (χ3n) is 5.20. The highest BCUT2D eigenvalue weighted by Gasteiger charge is 2.26. The van der Waals surface area contributed by atoms with Crippen LogP contribution in [0.5, 0.6) is 0 Å². The normalized spacial score (nSPS) is 15.1. The van der Waals surface area contributed by atoms with Crippen molar-refractivity contribution < 1.29 is 9.59 Å². The Morgan fingerprint density at radius 2 is 2.07 bits per heavy atom. The lowest BCUT2D eigenvalue weighted by molar-refractivity contribution is -0.133. The van der Waals surface area contributed by atoms with Gasteiger partial charge in [0.15, 0.2) is 5.13 Å². The van der Waals surface area contributed by atoms with Crippen LogP contribution in [0.3, 0.4) is 0 Å². The zero-order valence-corrected chi connectivity index (χ0v) is 17.6. The minimum atomic E-state index is 0.0820. The molecule has 1 aliphatic rings. The van der Waals surface area contributed by atoms with Gasteiger partial charge in [0.05, 0.1) is 18.2 Å². The first-order valence-corrected chi connectivity index (χ1v) is 11.1. The first-order valence-electron chi connectivity index (χ1n) is 10.2. The third kappa shape index (κ3) is 4.79. The van der Waals surface area contributed by atoms with Gasteiger partial charge in [-0.3, -0.25) is 14.5 Å². The van der Waals surface area contributed by atoms with Crippen molar-refractivity contribution in [3.05, 3.63) is 47.0 Å². The summed E-state index contributed by atoms with van der Waals surface area (Å²) >= 11 is 1.46. The monoisotopic (exact) mass is 399 g/mol. The van der Waals surface area contributed by atoms with Crippen molar-refractivity contribution in [2.24, 2.45) is 0 Å². The van der Waals surface area contributed by atoms with Gasteiger partial charge in [-0.15, -0.1) is 11.3 Å². The zero-order valence-electron chi connectivity index (χ0n) is 16.8. The minimum absolute atomic E-state index is 0.0820. The van der Waals surface area contributed by atoms with Gasteiger partial charge in [-0.25, -0.2) is 4.98 Å². The number of unbranched alkanes of at least 4 members (excludes halogenated alkanes) is 1. The van der Waals surface area contributed by atoms with Crippen molar-refractivity contribution in [1.82, 2.24) is 9.88 Å². The van der Waals surface area contributed by atoms with Gasteiger partial charge in [-0.05, 0) is 24.8 Å². The van der Waals surface area contributed by atoms with Crippen LogP contribution in [0.2, 0.25) is 0 Å². The Hall–Kier alpha value is -2.21. The Morgan fingerprint density at radius 1 is 1.29 bits per heavy atom. The lowest BCUT2D eigenvalue weighted by atomic mass is 10.0. The van der Waals surface area contributed by atoms with Crippen LogP contribution in [0, 0.1) is 0 Å². The number of hydrogen-bond donors (Lipinski definition) is 0. The lowest BCUT2D eigenvalue weighted by Gasteiger charge is -2.31. The van der Waals surface area contributed by atoms with Gasteiger partial charge < -0.3 is 4.90 Å². The summed E-state index contributed by atoms with van der Waals surface area (Å²) in [5.41, 5.74) is 1.94. The predicted octanol–water partition coefficient (Wildman–Crippen LogP) is 4.59. The van der Waals surface area contributed by atoms with Crippen molar-refractivity contribution in [3.63, 3.8) is 0 Å². The number of nitrogens with zero attached hydrogens (tertiary/aromatic N) is 3. The van der Waals surface area contributed by atoms with E-state index >= 15 is 0 Å². The minimum Gasteiger partial charge on any atom is -0.335 e. The highest BCUT2D eigenvalue weighted by atomic mass is 32.1. The van der Waals surface area contributed by atoms with Gasteiger partial charge >= 0.3 is 0 Å². The van der Waals surface area contributed by atoms with E-state index in [4.69, 9.17) is 0 Å². The molecule has 1 aromatic heterocycles. The molecule has 2 aromatic rings. The first-order chi connectivity index (χ1) is 13.6. The molecule has 0 saturated carbocycles. The molecule has 6 heteroatoms. The number of benzene rings is 1. The Balaban J connectivity index is 1.74. The lowest BCUT2D eigenvalue weighted by Crippen LogP contribution is -2.36. The fraction of sp³-hybridized carbons (Fsp3) is 0.500. The molecule has 0 N–H and O–H groups in total. The van der Waals surface area contributed by atoms with E-state index in [1.807, 2.05) is 28.5 Å². The Kier molecular flexibility index (Phi) is 7.20. The average molecular weight is 400 g/mol. The van der Waals surface area contributed by atoms with Crippen LogP contribution in [0.1, 0.15) is 63.3 Å². The molecule has 2 heterocycles. The smallest absolute Gasteiger partial charge is 0.229 e. The molecule has 150 valence electrons. The largest absolute Gasteiger partial charge is 0.335 e. The van der Waals surface area contributed by atoms with E-state index in [0.717, 1.165) is 49.6 Å². The molecule has 28 heavy (non-hydrogen) atoms. The maximum absolute atomic E-state index is 13.2. The van der Waals surface area contributed by atoms with E-state index in [0.29, 0.717) is 6.42 Å². The highest BCUT2D eigenvalue weighted by Crippen LogP contribution is 2.28. The van der Waals surface area contributed by atoms with Crippen LogP contribution in [0.4, 0.5) is 5.13 Å². The van der Waals surface area contributed by atoms with E-state index in [1.165, 1.54) is 16.9 Å². The summed E-state index contributed by atoms with van der Waals surface area (Å²) in [5, 5.41) is 2.64. The number of rotatable bonds is 9. The standard InChI is InChI=1S/C22H29N3O2S/c1-3-5-13-24(19(4-2)17-10-7-6-8-11-17)21(27)15-18-16-28-22(23-18)25-14-9-12-20(25)26/h6-8,10-11,16,19H,3-5,9,12-15H2,1-2H3.